The fourth-order valence-corrected chi connectivity index (χ4v) is 2.69. The Balaban J connectivity index is 2.98. The molecule has 1 unspecified atom stereocenters. The summed E-state index contributed by atoms with van der Waals surface area (Å²) in [4.78, 5) is 0. The molecule has 0 saturated carbocycles. The number of terminal acetylenes is 1. The van der Waals surface area contributed by atoms with E-state index in [0.717, 1.165) is 0 Å². The Morgan fingerprint density at radius 1 is 1.50 bits per heavy atom. The maximum atomic E-state index is 5.63. The van der Waals surface area contributed by atoms with Crippen LogP contribution in [0.4, 0.5) is 0 Å². The van der Waals surface area contributed by atoms with Gasteiger partial charge in [-0.25, -0.2) is 0 Å². The Hall–Kier alpha value is -1.00. The Kier molecular flexibility index (Phi) is 4.82. The van der Waals surface area contributed by atoms with Crippen molar-refractivity contribution in [1.29, 1.82) is 0 Å². The standard InChI is InChI=1S/C17H26O/c1-7-17(6,18-8-2)13-11-15-14(3)10-9-12-16(15,4)5/h1,11,13H,8-10,12H2,2-6H3/b13-11+. The molecule has 1 rings (SSSR count). The van der Waals surface area contributed by atoms with Crippen molar-refractivity contribution in [3.05, 3.63) is 23.3 Å². The second-order valence-electron chi connectivity index (χ2n) is 5.95. The van der Waals surface area contributed by atoms with Gasteiger partial charge in [0.25, 0.3) is 0 Å². The molecule has 1 heteroatoms. The number of allylic oxidation sites excluding steroid dienone is 3. The zero-order valence-electron chi connectivity index (χ0n) is 12.5. The van der Waals surface area contributed by atoms with Crippen LogP contribution in [-0.4, -0.2) is 12.2 Å². The minimum absolute atomic E-state index is 0.251. The van der Waals surface area contributed by atoms with Crippen molar-refractivity contribution in [3.8, 4) is 12.3 Å². The van der Waals surface area contributed by atoms with Crippen LogP contribution in [0.3, 0.4) is 0 Å². The highest BCUT2D eigenvalue weighted by Crippen LogP contribution is 2.41. The number of hydrogen-bond acceptors (Lipinski definition) is 1. The van der Waals surface area contributed by atoms with E-state index in [2.05, 4.69) is 32.8 Å². The van der Waals surface area contributed by atoms with Crippen LogP contribution in [0, 0.1) is 17.8 Å². The van der Waals surface area contributed by atoms with Crippen LogP contribution in [0.15, 0.2) is 23.3 Å². The average molecular weight is 246 g/mol. The molecule has 18 heavy (non-hydrogen) atoms. The summed E-state index contributed by atoms with van der Waals surface area (Å²) in [6, 6.07) is 0. The van der Waals surface area contributed by atoms with Crippen molar-refractivity contribution in [2.45, 2.75) is 59.5 Å². The highest BCUT2D eigenvalue weighted by Gasteiger charge is 2.27. The van der Waals surface area contributed by atoms with Crippen LogP contribution in [0.1, 0.15) is 53.9 Å². The molecular formula is C17H26O. The zero-order chi connectivity index (χ0) is 13.8. The minimum Gasteiger partial charge on any atom is -0.359 e. The topological polar surface area (TPSA) is 9.23 Å². The molecule has 0 aromatic carbocycles. The molecule has 0 fully saturated rings. The van der Waals surface area contributed by atoms with E-state index >= 15 is 0 Å². The van der Waals surface area contributed by atoms with E-state index in [0.29, 0.717) is 6.61 Å². The monoisotopic (exact) mass is 246 g/mol. The van der Waals surface area contributed by atoms with Crippen LogP contribution in [0.5, 0.6) is 0 Å². The van der Waals surface area contributed by atoms with E-state index in [4.69, 9.17) is 11.2 Å². The van der Waals surface area contributed by atoms with Crippen LogP contribution >= 0.6 is 0 Å². The van der Waals surface area contributed by atoms with Gasteiger partial charge in [0.15, 0.2) is 0 Å². The number of rotatable bonds is 4. The predicted octanol–water partition coefficient (Wildman–Crippen LogP) is 4.50. The van der Waals surface area contributed by atoms with Crippen molar-refractivity contribution in [3.63, 3.8) is 0 Å². The van der Waals surface area contributed by atoms with E-state index < -0.39 is 5.60 Å². The lowest BCUT2D eigenvalue weighted by molar-refractivity contribution is 0.0583. The molecule has 0 radical (unpaired) electrons. The third kappa shape index (κ3) is 3.50. The normalized spacial score (nSPS) is 22.9. The van der Waals surface area contributed by atoms with Gasteiger partial charge >= 0.3 is 0 Å². The third-order valence-electron chi connectivity index (χ3n) is 3.84. The molecule has 0 saturated heterocycles. The number of ether oxygens (including phenoxy) is 1. The van der Waals surface area contributed by atoms with Crippen molar-refractivity contribution in [1.82, 2.24) is 0 Å². The molecule has 100 valence electrons. The van der Waals surface area contributed by atoms with Crippen LogP contribution < -0.4 is 0 Å². The van der Waals surface area contributed by atoms with Gasteiger partial charge in [0.2, 0.25) is 0 Å². The highest BCUT2D eigenvalue weighted by atomic mass is 16.5. The van der Waals surface area contributed by atoms with E-state index in [9.17, 15) is 0 Å². The first-order valence-corrected chi connectivity index (χ1v) is 6.86. The van der Waals surface area contributed by atoms with E-state index in [1.165, 1.54) is 30.4 Å². The summed E-state index contributed by atoms with van der Waals surface area (Å²) in [6.45, 7) is 11.4. The van der Waals surface area contributed by atoms with E-state index in [-0.39, 0.29) is 5.41 Å². The van der Waals surface area contributed by atoms with Crippen molar-refractivity contribution in [2.24, 2.45) is 5.41 Å². The van der Waals surface area contributed by atoms with Crippen LogP contribution in [-0.2, 0) is 4.74 Å². The molecule has 1 atom stereocenters. The fraction of sp³-hybridized carbons (Fsp3) is 0.647. The average Bonchev–Trinajstić information content (AvgIpc) is 2.28. The third-order valence-corrected chi connectivity index (χ3v) is 3.84. The lowest BCUT2D eigenvalue weighted by atomic mass is 9.72. The molecule has 0 bridgehead atoms. The fourth-order valence-electron chi connectivity index (χ4n) is 2.69. The van der Waals surface area contributed by atoms with Gasteiger partial charge in [-0.2, -0.15) is 0 Å². The van der Waals surface area contributed by atoms with Crippen molar-refractivity contribution >= 4 is 0 Å². The van der Waals surface area contributed by atoms with Gasteiger partial charge < -0.3 is 4.74 Å². The van der Waals surface area contributed by atoms with Crippen LogP contribution in [0.2, 0.25) is 0 Å². The molecule has 0 aromatic rings. The summed E-state index contributed by atoms with van der Waals surface area (Å²) >= 11 is 0. The van der Waals surface area contributed by atoms with Gasteiger partial charge in [-0.1, -0.05) is 31.4 Å². The molecule has 1 aliphatic carbocycles. The summed E-state index contributed by atoms with van der Waals surface area (Å²) in [5, 5.41) is 0. The summed E-state index contributed by atoms with van der Waals surface area (Å²) in [5.74, 6) is 2.73. The minimum atomic E-state index is -0.588. The maximum absolute atomic E-state index is 5.63. The Morgan fingerprint density at radius 2 is 2.17 bits per heavy atom. The molecule has 0 N–H and O–H groups in total. The smallest absolute Gasteiger partial charge is 0.144 e. The zero-order valence-corrected chi connectivity index (χ0v) is 12.5. The summed E-state index contributed by atoms with van der Waals surface area (Å²) in [6.07, 6.45) is 13.5. The van der Waals surface area contributed by atoms with Crippen molar-refractivity contribution in [2.75, 3.05) is 6.61 Å². The molecule has 0 heterocycles. The number of hydrogen-bond donors (Lipinski definition) is 0. The first kappa shape index (κ1) is 15.1. The second-order valence-corrected chi connectivity index (χ2v) is 5.95. The molecular weight excluding hydrogens is 220 g/mol. The highest BCUT2D eigenvalue weighted by molar-refractivity contribution is 5.35. The van der Waals surface area contributed by atoms with Gasteiger partial charge in [0.05, 0.1) is 0 Å². The summed E-state index contributed by atoms with van der Waals surface area (Å²) in [5.41, 5.74) is 2.57. The van der Waals surface area contributed by atoms with Crippen molar-refractivity contribution < 1.29 is 4.74 Å². The van der Waals surface area contributed by atoms with Gasteiger partial charge in [-0.15, -0.1) is 6.42 Å². The second kappa shape index (κ2) is 5.76. The Bertz CT molecular complexity index is 392. The molecule has 0 spiro atoms. The van der Waals surface area contributed by atoms with Gasteiger partial charge in [0.1, 0.15) is 5.60 Å². The van der Waals surface area contributed by atoms with E-state index in [1.807, 2.05) is 19.9 Å². The van der Waals surface area contributed by atoms with Crippen LogP contribution in [0.25, 0.3) is 0 Å². The quantitative estimate of drug-likeness (QED) is 0.664. The molecule has 1 nitrogen and oxygen atoms in total. The lowest BCUT2D eigenvalue weighted by Gasteiger charge is -2.33. The molecule has 1 aliphatic rings. The SMILES string of the molecule is C#CC(C)(/C=C/C1=C(C)CCCC1(C)C)OCC. The summed E-state index contributed by atoms with van der Waals surface area (Å²) < 4.78 is 5.63. The van der Waals surface area contributed by atoms with Gasteiger partial charge in [0, 0.05) is 6.61 Å². The largest absolute Gasteiger partial charge is 0.359 e. The Morgan fingerprint density at radius 3 is 2.67 bits per heavy atom. The lowest BCUT2D eigenvalue weighted by Crippen LogP contribution is -2.25. The first-order chi connectivity index (χ1) is 8.34. The molecule has 0 aromatic heterocycles. The maximum Gasteiger partial charge on any atom is 0.144 e. The summed E-state index contributed by atoms with van der Waals surface area (Å²) in [7, 11) is 0. The van der Waals surface area contributed by atoms with Gasteiger partial charge in [-0.3, -0.25) is 0 Å². The Labute approximate surface area is 112 Å². The molecule has 0 aliphatic heterocycles. The first-order valence-electron chi connectivity index (χ1n) is 6.86. The predicted molar refractivity (Wildman–Crippen MR) is 78.3 cm³/mol. The van der Waals surface area contributed by atoms with E-state index in [1.54, 1.807) is 0 Å². The molecule has 0 amide bonds. The van der Waals surface area contributed by atoms with Gasteiger partial charge in [-0.05, 0) is 57.1 Å².